The lowest BCUT2D eigenvalue weighted by Crippen LogP contribution is -2.22. The van der Waals surface area contributed by atoms with Gasteiger partial charge in [-0.15, -0.1) is 0 Å². The van der Waals surface area contributed by atoms with Gasteiger partial charge < -0.3 is 0 Å². The fourth-order valence-electron chi connectivity index (χ4n) is 1.72. The van der Waals surface area contributed by atoms with Crippen molar-refractivity contribution in [2.24, 2.45) is 4.99 Å². The number of benzene rings is 1. The summed E-state index contributed by atoms with van der Waals surface area (Å²) in [4.78, 5) is 4.49. The zero-order valence-electron chi connectivity index (χ0n) is 8.63. The number of nitrogens with zero attached hydrogens (tertiary/aromatic N) is 2. The normalized spacial score (nSPS) is 17.1. The molecule has 0 atom stereocenters. The molecule has 2 rings (SSSR count). The third kappa shape index (κ3) is 1.06. The van der Waals surface area contributed by atoms with E-state index in [1.165, 1.54) is 0 Å². The van der Waals surface area contributed by atoms with Crippen LogP contribution in [-0.2, 0) is 5.41 Å². The van der Waals surface area contributed by atoms with Crippen molar-refractivity contribution in [1.29, 1.82) is 5.26 Å². The molecule has 0 spiro atoms. The summed E-state index contributed by atoms with van der Waals surface area (Å²) in [6, 6.07) is 7.84. The summed E-state index contributed by atoms with van der Waals surface area (Å²) in [5.74, 6) is 0. The lowest BCUT2D eigenvalue weighted by molar-refractivity contribution is 0.733. The van der Waals surface area contributed by atoms with E-state index in [0.717, 1.165) is 17.0 Å². The van der Waals surface area contributed by atoms with Gasteiger partial charge in [-0.1, -0.05) is 13.8 Å². The first kappa shape index (κ1) is 8.96. The van der Waals surface area contributed by atoms with Crippen molar-refractivity contribution >= 4 is 11.4 Å². The summed E-state index contributed by atoms with van der Waals surface area (Å²) in [6.07, 6.45) is 0. The second-order valence-corrected chi connectivity index (χ2v) is 4.17. The van der Waals surface area contributed by atoms with Crippen molar-refractivity contribution in [2.45, 2.75) is 26.2 Å². The monoisotopic (exact) mass is 184 g/mol. The Morgan fingerprint density at radius 1 is 1.36 bits per heavy atom. The van der Waals surface area contributed by atoms with Gasteiger partial charge >= 0.3 is 0 Å². The van der Waals surface area contributed by atoms with Crippen LogP contribution in [0.1, 0.15) is 31.9 Å². The van der Waals surface area contributed by atoms with Crippen molar-refractivity contribution in [2.75, 3.05) is 0 Å². The third-order valence-corrected chi connectivity index (χ3v) is 2.99. The molecule has 0 saturated carbocycles. The SMILES string of the molecule is CC1=Nc2ccc(C#N)cc2C1(C)C. The molecular formula is C12H12N2. The number of nitriles is 1. The molecule has 0 radical (unpaired) electrons. The van der Waals surface area contributed by atoms with Crippen molar-refractivity contribution in [3.63, 3.8) is 0 Å². The zero-order valence-corrected chi connectivity index (χ0v) is 8.63. The highest BCUT2D eigenvalue weighted by Crippen LogP contribution is 2.39. The molecule has 0 fully saturated rings. The van der Waals surface area contributed by atoms with Crippen LogP contribution in [0.4, 0.5) is 5.69 Å². The zero-order chi connectivity index (χ0) is 10.3. The van der Waals surface area contributed by atoms with Crippen molar-refractivity contribution < 1.29 is 0 Å². The Kier molecular flexibility index (Phi) is 1.72. The lowest BCUT2D eigenvalue weighted by atomic mass is 9.82. The maximum Gasteiger partial charge on any atom is 0.0991 e. The first-order valence-electron chi connectivity index (χ1n) is 4.66. The molecule has 14 heavy (non-hydrogen) atoms. The Hall–Kier alpha value is -1.62. The summed E-state index contributed by atoms with van der Waals surface area (Å²) in [5.41, 5.74) is 3.97. The van der Waals surface area contributed by atoms with Gasteiger partial charge in [0, 0.05) is 11.1 Å². The second kappa shape index (κ2) is 2.68. The van der Waals surface area contributed by atoms with Gasteiger partial charge in [0.1, 0.15) is 0 Å². The van der Waals surface area contributed by atoms with E-state index in [4.69, 9.17) is 5.26 Å². The van der Waals surface area contributed by atoms with Crippen molar-refractivity contribution in [1.82, 2.24) is 0 Å². The van der Waals surface area contributed by atoms with E-state index in [2.05, 4.69) is 24.9 Å². The number of fused-ring (bicyclic) bond motifs is 1. The summed E-state index contributed by atoms with van der Waals surface area (Å²) in [5, 5.41) is 8.82. The highest BCUT2D eigenvalue weighted by atomic mass is 14.8. The molecule has 0 aromatic heterocycles. The maximum atomic E-state index is 8.82. The second-order valence-electron chi connectivity index (χ2n) is 4.17. The molecule has 1 aromatic carbocycles. The fraction of sp³-hybridized carbons (Fsp3) is 0.333. The first-order chi connectivity index (χ1) is 6.55. The number of rotatable bonds is 0. The average molecular weight is 184 g/mol. The molecule has 70 valence electrons. The minimum Gasteiger partial charge on any atom is -0.257 e. The molecule has 1 aliphatic heterocycles. The fourth-order valence-corrected chi connectivity index (χ4v) is 1.72. The largest absolute Gasteiger partial charge is 0.257 e. The molecule has 0 amide bonds. The molecule has 0 bridgehead atoms. The van der Waals surface area contributed by atoms with E-state index >= 15 is 0 Å². The van der Waals surface area contributed by atoms with Crippen LogP contribution in [0.3, 0.4) is 0 Å². The molecule has 1 aromatic rings. The Morgan fingerprint density at radius 2 is 2.07 bits per heavy atom. The van der Waals surface area contributed by atoms with Gasteiger partial charge in [0.2, 0.25) is 0 Å². The Bertz CT molecular complexity index is 462. The van der Waals surface area contributed by atoms with Crippen LogP contribution in [0.25, 0.3) is 0 Å². The van der Waals surface area contributed by atoms with E-state index in [9.17, 15) is 0 Å². The number of hydrogen-bond acceptors (Lipinski definition) is 2. The van der Waals surface area contributed by atoms with E-state index in [-0.39, 0.29) is 5.41 Å². The van der Waals surface area contributed by atoms with Crippen LogP contribution < -0.4 is 0 Å². The van der Waals surface area contributed by atoms with Crippen molar-refractivity contribution in [3.05, 3.63) is 29.3 Å². The first-order valence-corrected chi connectivity index (χ1v) is 4.66. The minimum absolute atomic E-state index is 0.0256. The van der Waals surface area contributed by atoms with Gasteiger partial charge in [-0.2, -0.15) is 5.26 Å². The van der Waals surface area contributed by atoms with Gasteiger partial charge in [0.25, 0.3) is 0 Å². The Labute approximate surface area is 83.9 Å². The molecule has 1 aliphatic rings. The van der Waals surface area contributed by atoms with E-state index in [1.807, 2.05) is 25.1 Å². The molecule has 0 unspecified atom stereocenters. The van der Waals surface area contributed by atoms with Gasteiger partial charge in [-0.05, 0) is 30.7 Å². The van der Waals surface area contributed by atoms with E-state index in [1.54, 1.807) is 0 Å². The highest BCUT2D eigenvalue weighted by molar-refractivity contribution is 5.99. The maximum absolute atomic E-state index is 8.82. The van der Waals surface area contributed by atoms with E-state index < -0.39 is 0 Å². The van der Waals surface area contributed by atoms with Crippen LogP contribution in [0.5, 0.6) is 0 Å². The molecule has 1 heterocycles. The van der Waals surface area contributed by atoms with Crippen LogP contribution >= 0.6 is 0 Å². The van der Waals surface area contributed by atoms with E-state index in [0.29, 0.717) is 5.56 Å². The predicted octanol–water partition coefficient (Wildman–Crippen LogP) is 2.94. The summed E-state index contributed by atoms with van der Waals surface area (Å²) in [7, 11) is 0. The summed E-state index contributed by atoms with van der Waals surface area (Å²) in [6.45, 7) is 6.31. The smallest absolute Gasteiger partial charge is 0.0991 e. The molecule has 0 saturated heterocycles. The predicted molar refractivity (Wildman–Crippen MR) is 57.0 cm³/mol. The standard InChI is InChI=1S/C12H12N2/c1-8-12(2,3)10-6-9(7-13)4-5-11(10)14-8/h4-6H,1-3H3. The van der Waals surface area contributed by atoms with Gasteiger partial charge in [-0.25, -0.2) is 0 Å². The van der Waals surface area contributed by atoms with Crippen LogP contribution in [0.15, 0.2) is 23.2 Å². The van der Waals surface area contributed by atoms with Gasteiger partial charge in [-0.3, -0.25) is 4.99 Å². The van der Waals surface area contributed by atoms with Gasteiger partial charge in [0.05, 0.1) is 17.3 Å². The quantitative estimate of drug-likeness (QED) is 0.610. The van der Waals surface area contributed by atoms with Gasteiger partial charge in [0.15, 0.2) is 0 Å². The molecular weight excluding hydrogens is 172 g/mol. The van der Waals surface area contributed by atoms with Crippen LogP contribution in [0, 0.1) is 11.3 Å². The van der Waals surface area contributed by atoms with Crippen molar-refractivity contribution in [3.8, 4) is 6.07 Å². The summed E-state index contributed by atoms with van der Waals surface area (Å²) >= 11 is 0. The molecule has 0 N–H and O–H groups in total. The van der Waals surface area contributed by atoms with Crippen LogP contribution in [-0.4, -0.2) is 5.71 Å². The Balaban J connectivity index is 2.64. The Morgan fingerprint density at radius 3 is 2.71 bits per heavy atom. The molecule has 2 nitrogen and oxygen atoms in total. The third-order valence-electron chi connectivity index (χ3n) is 2.99. The highest BCUT2D eigenvalue weighted by Gasteiger charge is 2.32. The number of aliphatic imine (C=N–C) groups is 1. The lowest BCUT2D eigenvalue weighted by Gasteiger charge is -2.19. The van der Waals surface area contributed by atoms with Crippen LogP contribution in [0.2, 0.25) is 0 Å². The number of hydrogen-bond donors (Lipinski definition) is 0. The molecule has 2 heteroatoms. The summed E-state index contributed by atoms with van der Waals surface area (Å²) < 4.78 is 0. The minimum atomic E-state index is -0.0256. The topological polar surface area (TPSA) is 36.1 Å². The molecule has 0 aliphatic carbocycles. The average Bonchev–Trinajstić information content (AvgIpc) is 2.38.